The monoisotopic (exact) mass is 342 g/mol. The van der Waals surface area contributed by atoms with Crippen LogP contribution in [0, 0.1) is 6.92 Å². The number of anilines is 1. The van der Waals surface area contributed by atoms with Crippen molar-refractivity contribution < 1.29 is 4.79 Å². The van der Waals surface area contributed by atoms with Crippen LogP contribution in [0.4, 0.5) is 5.69 Å². The van der Waals surface area contributed by atoms with Crippen LogP contribution < -0.4 is 5.32 Å². The second-order valence-electron chi connectivity index (χ2n) is 4.91. The zero-order valence-corrected chi connectivity index (χ0v) is 14.1. The molecule has 1 aromatic carbocycles. The first-order valence-electron chi connectivity index (χ1n) is 6.41. The van der Waals surface area contributed by atoms with Gasteiger partial charge in [-0.25, -0.2) is 0 Å². The smallest absolute Gasteiger partial charge is 0.238 e. The average molecular weight is 343 g/mol. The van der Waals surface area contributed by atoms with Gasteiger partial charge in [-0.1, -0.05) is 23.2 Å². The van der Waals surface area contributed by atoms with E-state index in [9.17, 15) is 4.79 Å². The highest BCUT2D eigenvalue weighted by molar-refractivity contribution is 7.10. The normalized spacial score (nSPS) is 10.9. The molecule has 0 unspecified atom stereocenters. The molecule has 3 nitrogen and oxygen atoms in total. The van der Waals surface area contributed by atoms with Crippen molar-refractivity contribution in [3.63, 3.8) is 0 Å². The van der Waals surface area contributed by atoms with E-state index < -0.39 is 0 Å². The van der Waals surface area contributed by atoms with Crippen molar-refractivity contribution in [3.05, 3.63) is 50.1 Å². The highest BCUT2D eigenvalue weighted by Crippen LogP contribution is 2.22. The fourth-order valence-corrected chi connectivity index (χ4v) is 3.45. The molecular weight excluding hydrogens is 327 g/mol. The maximum absolute atomic E-state index is 12.0. The summed E-state index contributed by atoms with van der Waals surface area (Å²) in [4.78, 5) is 15.3. The largest absolute Gasteiger partial charge is 0.325 e. The number of carbonyl (C=O) groups excluding carboxylic acids is 1. The molecule has 2 aromatic rings. The number of halogens is 2. The van der Waals surface area contributed by atoms with Crippen LogP contribution in [0.2, 0.25) is 10.0 Å². The van der Waals surface area contributed by atoms with E-state index in [1.807, 2.05) is 11.9 Å². The molecule has 0 radical (unpaired) electrons. The predicted molar refractivity (Wildman–Crippen MR) is 90.5 cm³/mol. The maximum Gasteiger partial charge on any atom is 0.238 e. The lowest BCUT2D eigenvalue weighted by Gasteiger charge is -2.16. The number of thiophene rings is 1. The van der Waals surface area contributed by atoms with Crippen LogP contribution in [0.25, 0.3) is 0 Å². The summed E-state index contributed by atoms with van der Waals surface area (Å²) < 4.78 is 0. The van der Waals surface area contributed by atoms with Crippen LogP contribution >= 0.6 is 34.5 Å². The number of benzene rings is 1. The molecule has 0 saturated heterocycles. The Balaban J connectivity index is 1.90. The van der Waals surface area contributed by atoms with Crippen molar-refractivity contribution in [2.75, 3.05) is 18.9 Å². The van der Waals surface area contributed by atoms with Gasteiger partial charge >= 0.3 is 0 Å². The summed E-state index contributed by atoms with van der Waals surface area (Å²) in [6.07, 6.45) is 0. The number of nitrogens with zero attached hydrogens (tertiary/aromatic N) is 1. The highest BCUT2D eigenvalue weighted by atomic mass is 35.5. The van der Waals surface area contributed by atoms with E-state index in [1.54, 1.807) is 29.5 Å². The van der Waals surface area contributed by atoms with E-state index in [4.69, 9.17) is 23.2 Å². The number of carbonyl (C=O) groups is 1. The first-order chi connectivity index (χ1) is 9.94. The maximum atomic E-state index is 12.0. The molecule has 21 heavy (non-hydrogen) atoms. The number of nitrogens with one attached hydrogen (secondary N) is 1. The Morgan fingerprint density at radius 2 is 1.95 bits per heavy atom. The van der Waals surface area contributed by atoms with Crippen molar-refractivity contribution in [1.82, 2.24) is 4.90 Å². The minimum atomic E-state index is -0.0926. The molecular formula is C15H16Cl2N2OS. The van der Waals surface area contributed by atoms with Gasteiger partial charge < -0.3 is 5.32 Å². The fourth-order valence-electron chi connectivity index (χ4n) is 1.94. The van der Waals surface area contributed by atoms with Gasteiger partial charge in [-0.2, -0.15) is 0 Å². The summed E-state index contributed by atoms with van der Waals surface area (Å²) in [6.45, 7) is 3.14. The molecule has 0 aliphatic heterocycles. The Bertz CT molecular complexity index is 622. The second-order valence-corrected chi connectivity index (χ2v) is 6.78. The topological polar surface area (TPSA) is 32.3 Å². The Morgan fingerprint density at radius 3 is 2.52 bits per heavy atom. The molecule has 0 aliphatic rings. The Labute approximate surface area is 138 Å². The van der Waals surface area contributed by atoms with Gasteiger partial charge in [0.1, 0.15) is 0 Å². The molecule has 1 amide bonds. The lowest BCUT2D eigenvalue weighted by Crippen LogP contribution is -2.29. The molecule has 0 fully saturated rings. The van der Waals surface area contributed by atoms with Gasteiger partial charge in [-0.15, -0.1) is 11.3 Å². The number of aryl methyl sites for hydroxylation is 1. The third-order valence-corrected chi connectivity index (χ3v) is 4.39. The first kappa shape index (κ1) is 16.3. The van der Waals surface area contributed by atoms with E-state index in [0.717, 1.165) is 6.54 Å². The van der Waals surface area contributed by atoms with Crippen molar-refractivity contribution in [1.29, 1.82) is 0 Å². The molecule has 0 spiro atoms. The van der Waals surface area contributed by atoms with E-state index in [2.05, 4.69) is 23.7 Å². The van der Waals surface area contributed by atoms with Gasteiger partial charge in [-0.05, 0) is 49.2 Å². The van der Waals surface area contributed by atoms with E-state index >= 15 is 0 Å². The minimum Gasteiger partial charge on any atom is -0.325 e. The van der Waals surface area contributed by atoms with Crippen molar-refractivity contribution in [2.24, 2.45) is 0 Å². The molecule has 1 aromatic heterocycles. The summed E-state index contributed by atoms with van der Waals surface area (Å²) in [5, 5.41) is 5.87. The number of likely N-dealkylation sites (N-methyl/N-ethyl adjacent to an activating group) is 1. The molecule has 0 aliphatic carbocycles. The van der Waals surface area contributed by atoms with Gasteiger partial charge in [0.2, 0.25) is 5.91 Å². The average Bonchev–Trinajstić information content (AvgIpc) is 2.73. The molecule has 0 atom stereocenters. The van der Waals surface area contributed by atoms with Crippen LogP contribution in [-0.4, -0.2) is 24.4 Å². The SMILES string of the molecule is Cc1ccsc1CN(C)CC(=O)Nc1cc(Cl)cc(Cl)c1. The number of amides is 1. The Morgan fingerprint density at radius 1 is 1.29 bits per heavy atom. The lowest BCUT2D eigenvalue weighted by atomic mass is 10.3. The van der Waals surface area contributed by atoms with Gasteiger partial charge in [0.25, 0.3) is 0 Å². The van der Waals surface area contributed by atoms with Crippen molar-refractivity contribution in [3.8, 4) is 0 Å². The summed E-state index contributed by atoms with van der Waals surface area (Å²) in [6, 6.07) is 7.07. The van der Waals surface area contributed by atoms with E-state index in [1.165, 1.54) is 10.4 Å². The lowest BCUT2D eigenvalue weighted by molar-refractivity contribution is -0.117. The van der Waals surface area contributed by atoms with Crippen LogP contribution in [0.3, 0.4) is 0 Å². The molecule has 1 N–H and O–H groups in total. The molecule has 0 bridgehead atoms. The molecule has 0 saturated carbocycles. The van der Waals surface area contributed by atoms with Gasteiger partial charge in [0, 0.05) is 27.2 Å². The summed E-state index contributed by atoms with van der Waals surface area (Å²) in [7, 11) is 1.92. The second kappa shape index (κ2) is 7.27. The number of rotatable bonds is 5. The number of hydrogen-bond donors (Lipinski definition) is 1. The molecule has 112 valence electrons. The summed E-state index contributed by atoms with van der Waals surface area (Å²) in [5.74, 6) is -0.0926. The predicted octanol–water partition coefficient (Wildman–Crippen LogP) is 4.43. The van der Waals surface area contributed by atoms with Gasteiger partial charge in [0.15, 0.2) is 0 Å². The van der Waals surface area contributed by atoms with Crippen LogP contribution in [0.1, 0.15) is 10.4 Å². The first-order valence-corrected chi connectivity index (χ1v) is 8.05. The summed E-state index contributed by atoms with van der Waals surface area (Å²) in [5.41, 5.74) is 1.87. The highest BCUT2D eigenvalue weighted by Gasteiger charge is 2.10. The van der Waals surface area contributed by atoms with E-state index in [0.29, 0.717) is 22.3 Å². The van der Waals surface area contributed by atoms with E-state index in [-0.39, 0.29) is 5.91 Å². The Kier molecular flexibility index (Phi) is 5.65. The Hall–Kier alpha value is -1.07. The zero-order valence-electron chi connectivity index (χ0n) is 11.8. The minimum absolute atomic E-state index is 0.0926. The van der Waals surface area contributed by atoms with Gasteiger partial charge in [-0.3, -0.25) is 9.69 Å². The number of hydrogen-bond acceptors (Lipinski definition) is 3. The zero-order chi connectivity index (χ0) is 15.4. The standard InChI is InChI=1S/C15H16Cl2N2OS/c1-10-3-4-21-14(10)8-19(2)9-15(20)18-13-6-11(16)5-12(17)7-13/h3-7H,8-9H2,1-2H3,(H,18,20). The quantitative estimate of drug-likeness (QED) is 0.871. The third kappa shape index (κ3) is 5.00. The van der Waals surface area contributed by atoms with Crippen molar-refractivity contribution >= 4 is 46.1 Å². The third-order valence-electron chi connectivity index (χ3n) is 2.94. The van der Waals surface area contributed by atoms with Gasteiger partial charge in [0.05, 0.1) is 6.54 Å². The van der Waals surface area contributed by atoms with Crippen LogP contribution in [0.5, 0.6) is 0 Å². The molecule has 2 rings (SSSR count). The van der Waals surface area contributed by atoms with Crippen LogP contribution in [0.15, 0.2) is 29.6 Å². The molecule has 6 heteroatoms. The van der Waals surface area contributed by atoms with Crippen LogP contribution in [-0.2, 0) is 11.3 Å². The fraction of sp³-hybridized carbons (Fsp3) is 0.267. The summed E-state index contributed by atoms with van der Waals surface area (Å²) >= 11 is 13.5. The van der Waals surface area contributed by atoms with Crippen molar-refractivity contribution in [2.45, 2.75) is 13.5 Å². The molecule has 1 heterocycles.